The maximum atomic E-state index is 12.9. The molecule has 0 spiro atoms. The predicted molar refractivity (Wildman–Crippen MR) is 129 cm³/mol. The molecular weight excluding hydrogens is 420 g/mol. The van der Waals surface area contributed by atoms with Crippen molar-refractivity contribution in [1.82, 2.24) is 14.9 Å². The summed E-state index contributed by atoms with van der Waals surface area (Å²) in [6, 6.07) is 3.88. The number of aromatic nitrogens is 2. The summed E-state index contributed by atoms with van der Waals surface area (Å²) in [4.78, 5) is 25.0. The van der Waals surface area contributed by atoms with Crippen molar-refractivity contribution in [3.8, 4) is 0 Å². The first kappa shape index (κ1) is 22.9. The molecule has 2 aromatic rings. The molecule has 2 aromatic heterocycles. The van der Waals surface area contributed by atoms with Gasteiger partial charge in [0, 0.05) is 36.5 Å². The zero-order valence-corrected chi connectivity index (χ0v) is 20.2. The molecule has 32 heavy (non-hydrogen) atoms. The van der Waals surface area contributed by atoms with Crippen LogP contribution in [0.3, 0.4) is 0 Å². The lowest BCUT2D eigenvalue weighted by Crippen LogP contribution is -2.53. The van der Waals surface area contributed by atoms with Crippen LogP contribution in [-0.2, 0) is 11.2 Å². The minimum absolute atomic E-state index is 0.0101. The van der Waals surface area contributed by atoms with E-state index in [1.165, 1.54) is 4.88 Å². The Balaban J connectivity index is 1.57. The fourth-order valence-electron chi connectivity index (χ4n) is 5.97. The SMILES string of the molecule is C=CCN(C)C(=O)[C@@H](C)[C@H]1CC[C@@]2(C)Cc3sc(Nc4cccnc4)nc3[C@@H](C)[C@@H]2[C@H]1O. The van der Waals surface area contributed by atoms with Crippen LogP contribution in [0.1, 0.15) is 50.1 Å². The van der Waals surface area contributed by atoms with Crippen molar-refractivity contribution >= 4 is 28.1 Å². The molecule has 1 amide bonds. The largest absolute Gasteiger partial charge is 0.392 e. The highest BCUT2D eigenvalue weighted by molar-refractivity contribution is 7.15. The zero-order chi connectivity index (χ0) is 23.0. The second-order valence-electron chi connectivity index (χ2n) is 9.83. The molecule has 2 aliphatic rings. The number of carbonyl (C=O) groups is 1. The first-order chi connectivity index (χ1) is 15.2. The van der Waals surface area contributed by atoms with E-state index in [-0.39, 0.29) is 35.0 Å². The average Bonchev–Trinajstić information content (AvgIpc) is 3.15. The third kappa shape index (κ3) is 4.08. The van der Waals surface area contributed by atoms with E-state index in [0.29, 0.717) is 6.54 Å². The highest BCUT2D eigenvalue weighted by atomic mass is 32.1. The number of carbonyl (C=O) groups excluding carboxylic acids is 1. The molecule has 6 nitrogen and oxygen atoms in total. The molecule has 4 rings (SSSR count). The number of fused-ring (bicyclic) bond motifs is 2. The molecule has 0 aromatic carbocycles. The standard InChI is InChI=1S/C25H34N4O2S/c1-6-12-29(5)23(31)15(2)18-9-10-25(4)13-19-21(16(3)20(25)22(18)30)28-24(32-19)27-17-8-7-11-26-14-17/h6-8,11,14-16,18,20,22,30H,1,9-10,12-13H2,2-5H3,(H,27,28)/t15-,16-,18+,20+,22-,25-/m0/s1. The molecule has 1 fully saturated rings. The Bertz CT molecular complexity index is 978. The summed E-state index contributed by atoms with van der Waals surface area (Å²) in [5.74, 6) is 0.0469. The monoisotopic (exact) mass is 454 g/mol. The third-order valence-corrected chi connectivity index (χ3v) is 8.63. The number of amides is 1. The van der Waals surface area contributed by atoms with Gasteiger partial charge in [-0.15, -0.1) is 17.9 Å². The van der Waals surface area contributed by atoms with Gasteiger partial charge < -0.3 is 15.3 Å². The molecule has 0 bridgehead atoms. The number of aliphatic hydroxyl groups is 1. The second-order valence-corrected chi connectivity index (χ2v) is 10.9. The fourth-order valence-corrected chi connectivity index (χ4v) is 7.26. The first-order valence-corrected chi connectivity index (χ1v) is 12.3. The van der Waals surface area contributed by atoms with E-state index in [1.807, 2.05) is 19.1 Å². The van der Waals surface area contributed by atoms with Crippen LogP contribution in [0.15, 0.2) is 37.2 Å². The minimum atomic E-state index is -0.524. The quantitative estimate of drug-likeness (QED) is 0.623. The Morgan fingerprint density at radius 2 is 2.31 bits per heavy atom. The van der Waals surface area contributed by atoms with Crippen molar-refractivity contribution in [2.24, 2.45) is 23.2 Å². The number of rotatable bonds is 6. The Morgan fingerprint density at radius 3 is 3.00 bits per heavy atom. The Labute approximate surface area is 194 Å². The van der Waals surface area contributed by atoms with Crippen LogP contribution in [0.4, 0.5) is 10.8 Å². The zero-order valence-electron chi connectivity index (χ0n) is 19.4. The number of thiazole rings is 1. The lowest BCUT2D eigenvalue weighted by molar-refractivity contribution is -0.143. The smallest absolute Gasteiger partial charge is 0.225 e. The van der Waals surface area contributed by atoms with E-state index in [9.17, 15) is 9.90 Å². The van der Waals surface area contributed by atoms with Gasteiger partial charge in [0.2, 0.25) is 5.91 Å². The number of anilines is 2. The van der Waals surface area contributed by atoms with Gasteiger partial charge in [-0.1, -0.05) is 26.8 Å². The first-order valence-electron chi connectivity index (χ1n) is 11.5. The van der Waals surface area contributed by atoms with Crippen molar-refractivity contribution in [1.29, 1.82) is 0 Å². The van der Waals surface area contributed by atoms with Gasteiger partial charge >= 0.3 is 0 Å². The molecule has 2 heterocycles. The highest BCUT2D eigenvalue weighted by Crippen LogP contribution is 2.57. The average molecular weight is 455 g/mol. The maximum absolute atomic E-state index is 12.9. The van der Waals surface area contributed by atoms with Crippen molar-refractivity contribution in [2.75, 3.05) is 18.9 Å². The minimum Gasteiger partial charge on any atom is -0.392 e. The number of pyridine rings is 1. The molecule has 172 valence electrons. The van der Waals surface area contributed by atoms with Gasteiger partial charge in [-0.2, -0.15) is 0 Å². The van der Waals surface area contributed by atoms with Crippen molar-refractivity contribution in [2.45, 2.75) is 52.1 Å². The molecule has 0 unspecified atom stereocenters. The van der Waals surface area contributed by atoms with Crippen LogP contribution in [0.25, 0.3) is 0 Å². The number of nitrogens with zero attached hydrogens (tertiary/aromatic N) is 3. The maximum Gasteiger partial charge on any atom is 0.225 e. The number of nitrogens with one attached hydrogen (secondary N) is 1. The lowest BCUT2D eigenvalue weighted by Gasteiger charge is -2.53. The van der Waals surface area contributed by atoms with E-state index >= 15 is 0 Å². The number of likely N-dealkylation sites (N-methyl/N-ethyl adjacent to an activating group) is 1. The van der Waals surface area contributed by atoms with Crippen molar-refractivity contribution in [3.05, 3.63) is 47.8 Å². The Morgan fingerprint density at radius 1 is 1.53 bits per heavy atom. The fraction of sp³-hybridized carbons (Fsp3) is 0.560. The van der Waals surface area contributed by atoms with E-state index in [0.717, 1.165) is 35.8 Å². The van der Waals surface area contributed by atoms with Gasteiger partial charge in [0.1, 0.15) is 0 Å². The van der Waals surface area contributed by atoms with E-state index in [1.54, 1.807) is 41.8 Å². The van der Waals surface area contributed by atoms with E-state index in [2.05, 4.69) is 30.7 Å². The lowest BCUT2D eigenvalue weighted by atomic mass is 9.53. The number of hydrogen-bond donors (Lipinski definition) is 2. The summed E-state index contributed by atoms with van der Waals surface area (Å²) >= 11 is 1.71. The molecule has 1 saturated carbocycles. The molecule has 2 aliphatic carbocycles. The topological polar surface area (TPSA) is 78.4 Å². The van der Waals surface area contributed by atoms with Gasteiger partial charge in [0.25, 0.3) is 0 Å². The third-order valence-electron chi connectivity index (χ3n) is 7.65. The van der Waals surface area contributed by atoms with Gasteiger partial charge in [0.15, 0.2) is 5.13 Å². The second kappa shape index (κ2) is 8.94. The summed E-state index contributed by atoms with van der Waals surface area (Å²) in [5, 5.41) is 15.8. The number of hydrogen-bond acceptors (Lipinski definition) is 6. The van der Waals surface area contributed by atoms with Crippen molar-refractivity contribution in [3.63, 3.8) is 0 Å². The Hall–Kier alpha value is -2.25. The summed E-state index contributed by atoms with van der Waals surface area (Å²) in [6.45, 7) is 10.7. The molecule has 2 N–H and O–H groups in total. The molecule has 0 saturated heterocycles. The normalized spacial score (nSPS) is 30.0. The molecular formula is C25H34N4O2S. The Kier molecular flexibility index (Phi) is 6.41. The van der Waals surface area contributed by atoms with Crippen molar-refractivity contribution < 1.29 is 9.90 Å². The summed E-state index contributed by atoms with van der Waals surface area (Å²) in [6.07, 6.45) is 7.56. The number of aliphatic hydroxyl groups excluding tert-OH is 1. The van der Waals surface area contributed by atoms with Crippen LogP contribution in [0, 0.1) is 23.2 Å². The predicted octanol–water partition coefficient (Wildman–Crippen LogP) is 4.62. The van der Waals surface area contributed by atoms with E-state index < -0.39 is 6.10 Å². The van der Waals surface area contributed by atoms with Gasteiger partial charge in [0.05, 0.1) is 23.7 Å². The highest BCUT2D eigenvalue weighted by Gasteiger charge is 2.54. The molecule has 0 aliphatic heterocycles. The van der Waals surface area contributed by atoms with Gasteiger partial charge in [-0.05, 0) is 48.6 Å². The van der Waals surface area contributed by atoms with Crippen LogP contribution < -0.4 is 5.32 Å². The molecule has 7 heteroatoms. The summed E-state index contributed by atoms with van der Waals surface area (Å²) in [7, 11) is 1.81. The van der Waals surface area contributed by atoms with Crippen LogP contribution in [0.5, 0.6) is 0 Å². The van der Waals surface area contributed by atoms with Crippen LogP contribution in [0.2, 0.25) is 0 Å². The van der Waals surface area contributed by atoms with E-state index in [4.69, 9.17) is 4.98 Å². The van der Waals surface area contributed by atoms with Crippen LogP contribution in [-0.4, -0.2) is 45.6 Å². The van der Waals surface area contributed by atoms with Gasteiger partial charge in [-0.25, -0.2) is 4.98 Å². The van der Waals surface area contributed by atoms with Crippen LogP contribution >= 0.6 is 11.3 Å². The summed E-state index contributed by atoms with van der Waals surface area (Å²) in [5.41, 5.74) is 2.02. The van der Waals surface area contributed by atoms with Gasteiger partial charge in [-0.3, -0.25) is 9.78 Å². The summed E-state index contributed by atoms with van der Waals surface area (Å²) < 4.78 is 0. The molecule has 0 radical (unpaired) electrons. The molecule has 6 atom stereocenters.